The number of rotatable bonds is 4. The number of aliphatic hydroxyl groups excluding tert-OH is 1. The van der Waals surface area contributed by atoms with Crippen molar-refractivity contribution < 1.29 is 19.3 Å². The second-order valence-electron chi connectivity index (χ2n) is 9.07. The number of aliphatic imine (C=N–C) groups is 1. The molecule has 1 saturated heterocycles. The van der Waals surface area contributed by atoms with E-state index in [-0.39, 0.29) is 23.4 Å². The van der Waals surface area contributed by atoms with Gasteiger partial charge in [-0.25, -0.2) is 14.4 Å². The lowest BCUT2D eigenvalue weighted by Gasteiger charge is -2.30. The molecular formula is C22H26ClFN4O3. The Morgan fingerprint density at radius 1 is 1.32 bits per heavy atom. The van der Waals surface area contributed by atoms with Crippen LogP contribution in [0.2, 0.25) is 5.02 Å². The van der Waals surface area contributed by atoms with Crippen molar-refractivity contribution >= 4 is 28.9 Å². The minimum atomic E-state index is -1.19. The van der Waals surface area contributed by atoms with E-state index in [1.807, 2.05) is 19.9 Å². The standard InChI is InChI=1S/C22H26ClFN4O3/c1-21(2)12-7-11(8-14(24)18(12)27-19(21)22(3,4)30)17-13(23)9-25-20(28-17)26-15-5-6-31-10-16(15)29/h7-9,15-16,29-30H,5-6,10H2,1-4H3,(H,25,26,28)/t15-,16-/m1/s1. The molecule has 9 heteroatoms. The van der Waals surface area contributed by atoms with Crippen molar-refractivity contribution in [1.82, 2.24) is 9.97 Å². The van der Waals surface area contributed by atoms with Gasteiger partial charge in [0.05, 0.1) is 47.0 Å². The molecule has 31 heavy (non-hydrogen) atoms. The van der Waals surface area contributed by atoms with E-state index in [2.05, 4.69) is 20.3 Å². The van der Waals surface area contributed by atoms with Crippen molar-refractivity contribution in [2.24, 2.45) is 4.99 Å². The van der Waals surface area contributed by atoms with Gasteiger partial charge in [-0.05, 0) is 38.0 Å². The van der Waals surface area contributed by atoms with Gasteiger partial charge in [0.25, 0.3) is 0 Å². The molecule has 2 atom stereocenters. The molecule has 0 amide bonds. The van der Waals surface area contributed by atoms with Gasteiger partial charge in [0.2, 0.25) is 5.95 Å². The normalized spacial score (nSPS) is 22.8. The fourth-order valence-corrected chi connectivity index (χ4v) is 4.50. The Bertz CT molecular complexity index is 1050. The summed E-state index contributed by atoms with van der Waals surface area (Å²) in [6, 6.07) is 2.90. The van der Waals surface area contributed by atoms with Crippen molar-refractivity contribution in [3.63, 3.8) is 0 Å². The second kappa shape index (κ2) is 7.78. The smallest absolute Gasteiger partial charge is 0.223 e. The lowest BCUT2D eigenvalue weighted by molar-refractivity contribution is -0.0136. The molecule has 4 rings (SSSR count). The Labute approximate surface area is 185 Å². The van der Waals surface area contributed by atoms with Gasteiger partial charge in [0.15, 0.2) is 0 Å². The second-order valence-corrected chi connectivity index (χ2v) is 9.48. The van der Waals surface area contributed by atoms with Crippen LogP contribution in [-0.4, -0.2) is 56.9 Å². The average molecular weight is 449 g/mol. The molecule has 1 aromatic heterocycles. The molecular weight excluding hydrogens is 423 g/mol. The number of nitrogens with one attached hydrogen (secondary N) is 1. The van der Waals surface area contributed by atoms with E-state index < -0.39 is 22.9 Å². The summed E-state index contributed by atoms with van der Waals surface area (Å²) in [6.07, 6.45) is 1.39. The molecule has 0 saturated carbocycles. The van der Waals surface area contributed by atoms with Crippen LogP contribution in [0.4, 0.5) is 16.0 Å². The van der Waals surface area contributed by atoms with E-state index in [9.17, 15) is 10.2 Å². The molecule has 7 nitrogen and oxygen atoms in total. The Balaban J connectivity index is 1.72. The largest absolute Gasteiger partial charge is 0.389 e. The number of aliphatic hydroxyl groups is 2. The molecule has 0 spiro atoms. The first-order chi connectivity index (χ1) is 14.5. The molecule has 3 heterocycles. The first-order valence-electron chi connectivity index (χ1n) is 10.2. The molecule has 0 aliphatic carbocycles. The van der Waals surface area contributed by atoms with Gasteiger partial charge >= 0.3 is 0 Å². The number of aromatic nitrogens is 2. The zero-order chi connectivity index (χ0) is 22.6. The topological polar surface area (TPSA) is 99.9 Å². The van der Waals surface area contributed by atoms with E-state index in [0.29, 0.717) is 41.5 Å². The SMILES string of the molecule is CC(C)(O)C1=Nc2c(F)cc(-c3nc(N[C@@H]4CCOC[C@H]4O)ncc3Cl)cc2C1(C)C. The first-order valence-corrected chi connectivity index (χ1v) is 10.6. The Kier molecular flexibility index (Phi) is 5.54. The van der Waals surface area contributed by atoms with Gasteiger partial charge in [0.1, 0.15) is 11.5 Å². The monoisotopic (exact) mass is 448 g/mol. The van der Waals surface area contributed by atoms with Gasteiger partial charge in [-0.15, -0.1) is 0 Å². The highest BCUT2D eigenvalue weighted by molar-refractivity contribution is 6.33. The van der Waals surface area contributed by atoms with Gasteiger partial charge in [-0.3, -0.25) is 4.99 Å². The number of ether oxygens (including phenoxy) is 1. The van der Waals surface area contributed by atoms with Gasteiger partial charge in [-0.1, -0.05) is 25.4 Å². The highest BCUT2D eigenvalue weighted by Crippen LogP contribution is 2.46. The number of halogens is 2. The van der Waals surface area contributed by atoms with Crippen LogP contribution in [0.3, 0.4) is 0 Å². The number of nitrogens with zero attached hydrogens (tertiary/aromatic N) is 3. The third-order valence-corrected chi connectivity index (χ3v) is 6.07. The van der Waals surface area contributed by atoms with E-state index >= 15 is 4.39 Å². The van der Waals surface area contributed by atoms with Crippen molar-refractivity contribution in [1.29, 1.82) is 0 Å². The summed E-state index contributed by atoms with van der Waals surface area (Å²) in [6.45, 7) is 7.86. The highest BCUT2D eigenvalue weighted by Gasteiger charge is 2.43. The minimum absolute atomic E-state index is 0.222. The average Bonchev–Trinajstić information content (AvgIpc) is 2.97. The third-order valence-electron chi connectivity index (χ3n) is 5.79. The number of anilines is 1. The predicted molar refractivity (Wildman–Crippen MR) is 118 cm³/mol. The van der Waals surface area contributed by atoms with Crippen LogP contribution >= 0.6 is 11.6 Å². The fraction of sp³-hybridized carbons (Fsp3) is 0.500. The molecule has 1 aromatic carbocycles. The summed E-state index contributed by atoms with van der Waals surface area (Å²) in [4.78, 5) is 13.1. The summed E-state index contributed by atoms with van der Waals surface area (Å²) in [5, 5.41) is 24.0. The van der Waals surface area contributed by atoms with Crippen LogP contribution in [-0.2, 0) is 10.2 Å². The van der Waals surface area contributed by atoms with E-state index in [1.165, 1.54) is 12.3 Å². The Hall–Kier alpha value is -2.13. The summed E-state index contributed by atoms with van der Waals surface area (Å²) < 4.78 is 20.3. The molecule has 3 N–H and O–H groups in total. The molecule has 2 aliphatic heterocycles. The van der Waals surface area contributed by atoms with E-state index in [1.54, 1.807) is 13.8 Å². The maximum absolute atomic E-state index is 15.1. The third kappa shape index (κ3) is 4.05. The van der Waals surface area contributed by atoms with Gasteiger partial charge < -0.3 is 20.3 Å². The highest BCUT2D eigenvalue weighted by atomic mass is 35.5. The molecule has 2 aromatic rings. The lowest BCUT2D eigenvalue weighted by atomic mass is 9.75. The summed E-state index contributed by atoms with van der Waals surface area (Å²) in [5.74, 6) is -0.220. The Morgan fingerprint density at radius 2 is 2.06 bits per heavy atom. The van der Waals surface area contributed by atoms with Crippen LogP contribution in [0, 0.1) is 5.82 Å². The van der Waals surface area contributed by atoms with Crippen molar-refractivity contribution in [2.45, 2.75) is 57.3 Å². The maximum atomic E-state index is 15.1. The zero-order valence-electron chi connectivity index (χ0n) is 17.9. The van der Waals surface area contributed by atoms with Crippen LogP contribution in [0.5, 0.6) is 0 Å². The fourth-order valence-electron chi connectivity index (χ4n) is 4.30. The molecule has 0 bridgehead atoms. The summed E-state index contributed by atoms with van der Waals surface area (Å²) in [7, 11) is 0. The zero-order valence-corrected chi connectivity index (χ0v) is 18.7. The molecule has 0 radical (unpaired) electrons. The number of fused-ring (bicyclic) bond motifs is 1. The summed E-state index contributed by atoms with van der Waals surface area (Å²) >= 11 is 6.36. The van der Waals surface area contributed by atoms with Crippen molar-refractivity contribution in [3.05, 3.63) is 34.7 Å². The minimum Gasteiger partial charge on any atom is -0.389 e. The van der Waals surface area contributed by atoms with Crippen molar-refractivity contribution in [3.8, 4) is 11.3 Å². The van der Waals surface area contributed by atoms with Gasteiger partial charge in [-0.2, -0.15) is 0 Å². The van der Waals surface area contributed by atoms with Crippen LogP contribution in [0.15, 0.2) is 23.3 Å². The molecule has 166 valence electrons. The lowest BCUT2D eigenvalue weighted by Crippen LogP contribution is -2.42. The number of hydrogen-bond donors (Lipinski definition) is 3. The Morgan fingerprint density at radius 3 is 2.74 bits per heavy atom. The van der Waals surface area contributed by atoms with E-state index in [4.69, 9.17) is 16.3 Å². The molecule has 1 fully saturated rings. The van der Waals surface area contributed by atoms with Gasteiger partial charge in [0, 0.05) is 17.6 Å². The van der Waals surface area contributed by atoms with Crippen LogP contribution < -0.4 is 5.32 Å². The number of hydrogen-bond acceptors (Lipinski definition) is 7. The molecule has 2 aliphatic rings. The quantitative estimate of drug-likeness (QED) is 0.660. The molecule has 0 unspecified atom stereocenters. The maximum Gasteiger partial charge on any atom is 0.223 e. The predicted octanol–water partition coefficient (Wildman–Crippen LogP) is 3.63. The summed E-state index contributed by atoms with van der Waals surface area (Å²) in [5.41, 5.74) is 0.370. The first kappa shape index (κ1) is 22.1. The van der Waals surface area contributed by atoms with Crippen LogP contribution in [0.1, 0.15) is 39.7 Å². The number of benzene rings is 1. The van der Waals surface area contributed by atoms with Crippen molar-refractivity contribution in [2.75, 3.05) is 18.5 Å². The van der Waals surface area contributed by atoms with E-state index in [0.717, 1.165) is 0 Å². The van der Waals surface area contributed by atoms with Crippen LogP contribution in [0.25, 0.3) is 11.3 Å².